The maximum Gasteiger partial charge on any atom is 0.120 e. The summed E-state index contributed by atoms with van der Waals surface area (Å²) >= 11 is 5.91. The number of ether oxygens (including phenoxy) is 1. The number of phenols is 1. The summed E-state index contributed by atoms with van der Waals surface area (Å²) in [7, 11) is 0. The molecule has 1 aliphatic heterocycles. The molecule has 1 atom stereocenters. The number of benzene rings is 1. The number of halogens is 1. The summed E-state index contributed by atoms with van der Waals surface area (Å²) in [6.07, 6.45) is 1.88. The van der Waals surface area contributed by atoms with E-state index in [1.807, 2.05) is 0 Å². The van der Waals surface area contributed by atoms with Gasteiger partial charge in [0.2, 0.25) is 0 Å². The topological polar surface area (TPSA) is 55.5 Å². The molecule has 3 nitrogen and oxygen atoms in total. The van der Waals surface area contributed by atoms with Gasteiger partial charge in [-0.25, -0.2) is 0 Å². The van der Waals surface area contributed by atoms with Gasteiger partial charge in [0.1, 0.15) is 5.75 Å². The van der Waals surface area contributed by atoms with Crippen molar-refractivity contribution >= 4 is 11.6 Å². The predicted octanol–water partition coefficient (Wildman–Crippen LogP) is 2.47. The minimum atomic E-state index is -0.164. The first-order valence-electron chi connectivity index (χ1n) is 5.50. The lowest BCUT2D eigenvalue weighted by Crippen LogP contribution is -2.27. The van der Waals surface area contributed by atoms with Crippen LogP contribution >= 0.6 is 11.6 Å². The van der Waals surface area contributed by atoms with Crippen molar-refractivity contribution in [3.05, 3.63) is 28.8 Å². The number of phenolic OH excluding ortho intramolecular Hbond substituents is 1. The summed E-state index contributed by atoms with van der Waals surface area (Å²) in [6.45, 7) is 1.50. The van der Waals surface area contributed by atoms with E-state index < -0.39 is 0 Å². The molecule has 0 aliphatic carbocycles. The van der Waals surface area contributed by atoms with Crippen LogP contribution in [0.25, 0.3) is 0 Å². The highest BCUT2D eigenvalue weighted by molar-refractivity contribution is 6.30. The van der Waals surface area contributed by atoms with E-state index in [9.17, 15) is 5.11 Å². The third kappa shape index (κ3) is 2.48. The summed E-state index contributed by atoms with van der Waals surface area (Å²) in [5, 5.41) is 10.4. The number of hydrogen-bond donors (Lipinski definition) is 2. The lowest BCUT2D eigenvalue weighted by molar-refractivity contribution is 0.0581. The molecule has 88 valence electrons. The molecule has 2 rings (SSSR count). The molecule has 4 heteroatoms. The molecule has 1 aromatic rings. The van der Waals surface area contributed by atoms with E-state index in [1.54, 1.807) is 18.2 Å². The monoisotopic (exact) mass is 241 g/mol. The molecule has 0 unspecified atom stereocenters. The van der Waals surface area contributed by atoms with Crippen molar-refractivity contribution in [3.63, 3.8) is 0 Å². The Labute approximate surface area is 100 Å². The first-order chi connectivity index (χ1) is 7.68. The van der Waals surface area contributed by atoms with Crippen molar-refractivity contribution in [2.24, 2.45) is 11.7 Å². The highest BCUT2D eigenvalue weighted by Crippen LogP contribution is 2.34. The standard InChI is InChI=1S/C12H16ClNO2/c13-9-1-2-11(15)10(7-9)12(14)8-3-5-16-6-4-8/h1-2,7-8,12,15H,3-6,14H2/t12-/m1/s1. The van der Waals surface area contributed by atoms with Gasteiger partial charge in [0, 0.05) is 29.8 Å². The number of rotatable bonds is 2. The molecule has 0 radical (unpaired) electrons. The van der Waals surface area contributed by atoms with E-state index in [0.717, 1.165) is 31.6 Å². The van der Waals surface area contributed by atoms with Gasteiger partial charge in [-0.05, 0) is 37.0 Å². The van der Waals surface area contributed by atoms with E-state index in [2.05, 4.69) is 0 Å². The minimum absolute atomic E-state index is 0.164. The van der Waals surface area contributed by atoms with Crippen LogP contribution in [-0.4, -0.2) is 18.3 Å². The Bertz CT molecular complexity index is 364. The van der Waals surface area contributed by atoms with Crippen molar-refractivity contribution in [1.29, 1.82) is 0 Å². The van der Waals surface area contributed by atoms with Crippen LogP contribution in [0, 0.1) is 5.92 Å². The lowest BCUT2D eigenvalue weighted by atomic mass is 9.87. The van der Waals surface area contributed by atoms with Gasteiger partial charge < -0.3 is 15.6 Å². The van der Waals surface area contributed by atoms with Gasteiger partial charge in [0.05, 0.1) is 0 Å². The molecule has 1 aliphatic rings. The summed E-state index contributed by atoms with van der Waals surface area (Å²) in [5.74, 6) is 0.585. The van der Waals surface area contributed by atoms with Gasteiger partial charge in [-0.3, -0.25) is 0 Å². The molecule has 0 amide bonds. The molecule has 0 spiro atoms. The number of hydrogen-bond acceptors (Lipinski definition) is 3. The van der Waals surface area contributed by atoms with Crippen LogP contribution in [0.15, 0.2) is 18.2 Å². The molecule has 0 saturated carbocycles. The second kappa shape index (κ2) is 5.04. The number of aromatic hydroxyl groups is 1. The SMILES string of the molecule is N[C@@H](c1cc(Cl)ccc1O)C1CCOCC1. The van der Waals surface area contributed by atoms with Crippen molar-refractivity contribution in [3.8, 4) is 5.75 Å². The normalized spacial score (nSPS) is 19.6. The van der Waals surface area contributed by atoms with Gasteiger partial charge >= 0.3 is 0 Å². The van der Waals surface area contributed by atoms with Crippen LogP contribution in [0.1, 0.15) is 24.4 Å². The molecule has 3 N–H and O–H groups in total. The highest BCUT2D eigenvalue weighted by atomic mass is 35.5. The van der Waals surface area contributed by atoms with E-state index in [1.165, 1.54) is 0 Å². The van der Waals surface area contributed by atoms with Gasteiger partial charge in [-0.15, -0.1) is 0 Å². The van der Waals surface area contributed by atoms with Crippen molar-refractivity contribution in [2.45, 2.75) is 18.9 Å². The van der Waals surface area contributed by atoms with E-state index in [0.29, 0.717) is 10.9 Å². The molecule has 1 fully saturated rings. The first kappa shape index (κ1) is 11.7. The quantitative estimate of drug-likeness (QED) is 0.836. The zero-order valence-electron chi connectivity index (χ0n) is 9.03. The minimum Gasteiger partial charge on any atom is -0.508 e. The molecular weight excluding hydrogens is 226 g/mol. The van der Waals surface area contributed by atoms with Crippen molar-refractivity contribution < 1.29 is 9.84 Å². The average molecular weight is 242 g/mol. The van der Waals surface area contributed by atoms with Crippen LogP contribution in [0.4, 0.5) is 0 Å². The molecule has 0 aromatic heterocycles. The third-order valence-electron chi connectivity index (χ3n) is 3.12. The fourth-order valence-electron chi connectivity index (χ4n) is 2.12. The summed E-state index contributed by atoms with van der Waals surface area (Å²) in [5.41, 5.74) is 6.90. The van der Waals surface area contributed by atoms with Gasteiger partial charge in [0.25, 0.3) is 0 Å². The molecular formula is C12H16ClNO2. The Balaban J connectivity index is 2.18. The van der Waals surface area contributed by atoms with Crippen molar-refractivity contribution in [2.75, 3.05) is 13.2 Å². The zero-order valence-corrected chi connectivity index (χ0v) is 9.78. The fourth-order valence-corrected chi connectivity index (χ4v) is 2.30. The summed E-state index contributed by atoms with van der Waals surface area (Å²) in [4.78, 5) is 0. The molecule has 1 heterocycles. The smallest absolute Gasteiger partial charge is 0.120 e. The molecule has 16 heavy (non-hydrogen) atoms. The predicted molar refractivity (Wildman–Crippen MR) is 63.6 cm³/mol. The second-order valence-corrected chi connectivity index (χ2v) is 4.62. The highest BCUT2D eigenvalue weighted by Gasteiger charge is 2.24. The summed E-state index contributed by atoms with van der Waals surface area (Å²) in [6, 6.07) is 4.84. The van der Waals surface area contributed by atoms with Crippen LogP contribution in [0.2, 0.25) is 5.02 Å². The Kier molecular flexibility index (Phi) is 3.69. The second-order valence-electron chi connectivity index (χ2n) is 4.18. The van der Waals surface area contributed by atoms with Crippen LogP contribution in [0.5, 0.6) is 5.75 Å². The maximum absolute atomic E-state index is 9.77. The van der Waals surface area contributed by atoms with Gasteiger partial charge in [-0.2, -0.15) is 0 Å². The fraction of sp³-hybridized carbons (Fsp3) is 0.500. The third-order valence-corrected chi connectivity index (χ3v) is 3.36. The largest absolute Gasteiger partial charge is 0.508 e. The maximum atomic E-state index is 9.77. The molecule has 0 bridgehead atoms. The Morgan fingerprint density at radius 1 is 1.38 bits per heavy atom. The molecule has 1 aromatic carbocycles. The Morgan fingerprint density at radius 3 is 2.75 bits per heavy atom. The van der Waals surface area contributed by atoms with Crippen LogP contribution in [-0.2, 0) is 4.74 Å². The summed E-state index contributed by atoms with van der Waals surface area (Å²) < 4.78 is 5.30. The van der Waals surface area contributed by atoms with Crippen LogP contribution < -0.4 is 5.73 Å². The Hall–Kier alpha value is -0.770. The van der Waals surface area contributed by atoms with Gasteiger partial charge in [0.15, 0.2) is 0 Å². The zero-order chi connectivity index (χ0) is 11.5. The van der Waals surface area contributed by atoms with Crippen LogP contribution in [0.3, 0.4) is 0 Å². The molecule has 1 saturated heterocycles. The van der Waals surface area contributed by atoms with E-state index >= 15 is 0 Å². The van der Waals surface area contributed by atoms with E-state index in [4.69, 9.17) is 22.1 Å². The van der Waals surface area contributed by atoms with Crippen molar-refractivity contribution in [1.82, 2.24) is 0 Å². The van der Waals surface area contributed by atoms with E-state index in [-0.39, 0.29) is 11.8 Å². The average Bonchev–Trinajstić information content (AvgIpc) is 2.32. The number of nitrogens with two attached hydrogens (primary N) is 1. The lowest BCUT2D eigenvalue weighted by Gasteiger charge is -2.28. The first-order valence-corrected chi connectivity index (χ1v) is 5.88. The Morgan fingerprint density at radius 2 is 2.06 bits per heavy atom. The van der Waals surface area contributed by atoms with Gasteiger partial charge in [-0.1, -0.05) is 11.6 Å².